The van der Waals surface area contributed by atoms with Gasteiger partial charge < -0.3 is 26.2 Å². The molecule has 160 valence electrons. The zero-order valence-electron chi connectivity index (χ0n) is 17.4. The van der Waals surface area contributed by atoms with E-state index in [0.717, 1.165) is 40.3 Å². The third kappa shape index (κ3) is 3.30. The van der Waals surface area contributed by atoms with Gasteiger partial charge in [0.2, 0.25) is 0 Å². The van der Waals surface area contributed by atoms with E-state index in [1.807, 2.05) is 29.0 Å². The van der Waals surface area contributed by atoms with Crippen LogP contribution in [0.1, 0.15) is 24.9 Å². The first-order valence-electron chi connectivity index (χ1n) is 10.7. The average Bonchev–Trinajstić information content (AvgIpc) is 3.26. The van der Waals surface area contributed by atoms with Gasteiger partial charge >= 0.3 is 0 Å². The van der Waals surface area contributed by atoms with Gasteiger partial charge in [0.1, 0.15) is 17.6 Å². The smallest absolute Gasteiger partial charge is 0.142 e. The predicted octanol–water partition coefficient (Wildman–Crippen LogP) is 2.91. The second kappa shape index (κ2) is 7.51. The number of anilines is 2. The van der Waals surface area contributed by atoms with E-state index in [1.54, 1.807) is 18.3 Å². The predicted molar refractivity (Wildman–Crippen MR) is 122 cm³/mol. The van der Waals surface area contributed by atoms with Gasteiger partial charge in [-0.3, -0.25) is 0 Å². The van der Waals surface area contributed by atoms with Gasteiger partial charge in [0.15, 0.2) is 0 Å². The molecule has 5 atom stereocenters. The zero-order chi connectivity index (χ0) is 21.7. The van der Waals surface area contributed by atoms with Gasteiger partial charge in [-0.25, -0.2) is 9.97 Å². The molecule has 0 aliphatic heterocycles. The third-order valence-corrected chi connectivity index (χ3v) is 6.87. The summed E-state index contributed by atoms with van der Waals surface area (Å²) in [5.41, 5.74) is 15.3. The summed E-state index contributed by atoms with van der Waals surface area (Å²) >= 11 is 0. The number of nitrogens with two attached hydrogens (primary N) is 2. The highest BCUT2D eigenvalue weighted by Crippen LogP contribution is 2.44. The van der Waals surface area contributed by atoms with Crippen molar-refractivity contribution in [1.29, 1.82) is 0 Å². The highest BCUT2D eigenvalue weighted by molar-refractivity contribution is 5.88. The number of nitrogen functional groups attached to an aromatic ring is 2. The Balaban J connectivity index is 1.38. The van der Waals surface area contributed by atoms with Crippen LogP contribution in [-0.2, 0) is 6.42 Å². The summed E-state index contributed by atoms with van der Waals surface area (Å²) in [5, 5.41) is 23.7. The van der Waals surface area contributed by atoms with Gasteiger partial charge in [0, 0.05) is 28.9 Å². The Morgan fingerprint density at radius 1 is 1.03 bits per heavy atom. The number of hydrogen-bond acceptors (Lipinski definition) is 6. The van der Waals surface area contributed by atoms with E-state index in [4.69, 9.17) is 11.5 Å². The van der Waals surface area contributed by atoms with Crippen LogP contribution in [0.25, 0.3) is 21.9 Å². The molecule has 1 saturated carbocycles. The number of aromatic nitrogens is 3. The minimum Gasteiger partial charge on any atom is -0.398 e. The topological polar surface area (TPSA) is 123 Å². The van der Waals surface area contributed by atoms with Crippen molar-refractivity contribution >= 4 is 33.4 Å². The van der Waals surface area contributed by atoms with Gasteiger partial charge in [0.25, 0.3) is 0 Å². The molecular weight excluding hydrogens is 390 g/mol. The van der Waals surface area contributed by atoms with Crippen molar-refractivity contribution < 1.29 is 10.2 Å². The average molecular weight is 418 g/mol. The molecule has 0 amide bonds. The van der Waals surface area contributed by atoms with E-state index in [1.165, 1.54) is 0 Å². The Morgan fingerprint density at radius 3 is 2.68 bits per heavy atom. The molecule has 7 heteroatoms. The monoisotopic (exact) mass is 417 g/mol. The maximum Gasteiger partial charge on any atom is 0.142 e. The van der Waals surface area contributed by atoms with E-state index >= 15 is 0 Å². The van der Waals surface area contributed by atoms with Crippen LogP contribution in [0, 0.1) is 11.8 Å². The molecule has 1 aromatic carbocycles. The fourth-order valence-corrected chi connectivity index (χ4v) is 5.17. The van der Waals surface area contributed by atoms with Crippen molar-refractivity contribution in [2.45, 2.75) is 38.0 Å². The van der Waals surface area contributed by atoms with Gasteiger partial charge in [-0.1, -0.05) is 19.1 Å². The molecular formula is C24H27N5O2. The number of rotatable bonds is 4. The summed E-state index contributed by atoms with van der Waals surface area (Å²) in [4.78, 5) is 8.88. The van der Waals surface area contributed by atoms with Crippen LogP contribution in [0.5, 0.6) is 0 Å². The molecule has 7 nitrogen and oxygen atoms in total. The number of aliphatic hydroxyl groups excluding tert-OH is 2. The quantitative estimate of drug-likeness (QED) is 0.405. The largest absolute Gasteiger partial charge is 0.398 e. The van der Waals surface area contributed by atoms with E-state index in [0.29, 0.717) is 11.5 Å². The number of hydrogen-bond donors (Lipinski definition) is 4. The minimum absolute atomic E-state index is 0.0389. The summed E-state index contributed by atoms with van der Waals surface area (Å²) in [6.45, 7) is 2.09. The van der Waals surface area contributed by atoms with Crippen LogP contribution in [0.4, 0.5) is 11.5 Å². The number of fused-ring (bicyclic) bond motifs is 2. The molecule has 31 heavy (non-hydrogen) atoms. The molecule has 3 heterocycles. The molecule has 0 bridgehead atoms. The lowest BCUT2D eigenvalue weighted by molar-refractivity contribution is 0.00538. The van der Waals surface area contributed by atoms with Gasteiger partial charge in [-0.15, -0.1) is 0 Å². The fourth-order valence-electron chi connectivity index (χ4n) is 5.17. The highest BCUT2D eigenvalue weighted by Gasteiger charge is 2.47. The van der Waals surface area contributed by atoms with Gasteiger partial charge in [0.05, 0.1) is 17.7 Å². The number of benzene rings is 1. The molecule has 0 saturated heterocycles. The van der Waals surface area contributed by atoms with Crippen LogP contribution in [0.2, 0.25) is 0 Å². The lowest BCUT2D eigenvalue weighted by atomic mass is 9.88. The second-order valence-corrected chi connectivity index (χ2v) is 8.66. The SMILES string of the molecule is C[C@@H]1[C@H](CCc2ccc3ccc(N)nc3c2)[C@@H](O)[C@@H](O)[C@@H]1n1ccc2c(N)ccnc21. The first-order chi connectivity index (χ1) is 14.9. The molecule has 5 rings (SSSR count). The van der Waals surface area contributed by atoms with Crippen LogP contribution < -0.4 is 11.5 Å². The maximum absolute atomic E-state index is 10.9. The van der Waals surface area contributed by atoms with Gasteiger partial charge in [-0.2, -0.15) is 0 Å². The molecule has 1 fully saturated rings. The summed E-state index contributed by atoms with van der Waals surface area (Å²) in [7, 11) is 0. The Labute approximate surface area is 180 Å². The molecule has 6 N–H and O–H groups in total. The lowest BCUT2D eigenvalue weighted by Gasteiger charge is -2.23. The molecule has 3 aromatic heterocycles. The summed E-state index contributed by atoms with van der Waals surface area (Å²) < 4.78 is 1.97. The first-order valence-corrected chi connectivity index (χ1v) is 10.7. The van der Waals surface area contributed by atoms with Gasteiger partial charge in [-0.05, 0) is 60.6 Å². The number of nitrogens with zero attached hydrogens (tertiary/aromatic N) is 3. The molecule has 0 spiro atoms. The summed E-state index contributed by atoms with van der Waals surface area (Å²) in [6.07, 6.45) is 3.47. The van der Waals surface area contributed by atoms with Crippen LogP contribution in [0.15, 0.2) is 54.9 Å². The third-order valence-electron chi connectivity index (χ3n) is 6.87. The molecule has 0 unspecified atom stereocenters. The Morgan fingerprint density at radius 2 is 1.84 bits per heavy atom. The van der Waals surface area contributed by atoms with Crippen molar-refractivity contribution in [3.8, 4) is 0 Å². The Bertz CT molecular complexity index is 1250. The molecule has 1 aliphatic carbocycles. The van der Waals surface area contributed by atoms with E-state index in [9.17, 15) is 10.2 Å². The minimum atomic E-state index is -0.864. The first kappa shape index (κ1) is 19.8. The lowest BCUT2D eigenvalue weighted by Crippen LogP contribution is -2.29. The number of aliphatic hydroxyl groups is 2. The van der Waals surface area contributed by atoms with Crippen molar-refractivity contribution in [1.82, 2.24) is 14.5 Å². The van der Waals surface area contributed by atoms with E-state index < -0.39 is 12.2 Å². The Kier molecular flexibility index (Phi) is 4.79. The molecule has 4 aromatic rings. The van der Waals surface area contributed by atoms with Crippen LogP contribution in [0.3, 0.4) is 0 Å². The standard InChI is InChI=1S/C24H27N5O2/c1-13-16(6-3-14-2-4-15-5-7-20(26)28-19(15)12-14)22(30)23(31)21(13)29-11-9-17-18(25)8-10-27-24(17)29/h2,4-5,7-13,16,21-23,30-31H,3,6H2,1H3,(H2,25,27)(H2,26,28)/t13-,16+,21-,22-,23+/m1/s1. The maximum atomic E-state index is 10.9. The van der Waals surface area contributed by atoms with Crippen molar-refractivity contribution in [2.75, 3.05) is 11.5 Å². The summed E-state index contributed by atoms with van der Waals surface area (Å²) in [6, 6.07) is 13.4. The number of aryl methyl sites for hydroxylation is 1. The van der Waals surface area contributed by atoms with Crippen molar-refractivity contribution in [2.24, 2.45) is 11.8 Å². The van der Waals surface area contributed by atoms with Crippen LogP contribution in [-0.4, -0.2) is 37.0 Å². The fraction of sp³-hybridized carbons (Fsp3) is 0.333. The van der Waals surface area contributed by atoms with E-state index in [-0.39, 0.29) is 17.9 Å². The zero-order valence-corrected chi connectivity index (χ0v) is 17.4. The van der Waals surface area contributed by atoms with E-state index in [2.05, 4.69) is 29.0 Å². The normalized spacial score (nSPS) is 26.1. The highest BCUT2D eigenvalue weighted by atomic mass is 16.3. The van der Waals surface area contributed by atoms with Crippen molar-refractivity contribution in [3.63, 3.8) is 0 Å². The summed E-state index contributed by atoms with van der Waals surface area (Å²) in [5.74, 6) is 0.532. The van der Waals surface area contributed by atoms with Crippen LogP contribution >= 0.6 is 0 Å². The molecule has 1 aliphatic rings. The Hall–Kier alpha value is -3.16. The second-order valence-electron chi connectivity index (χ2n) is 8.66. The molecule has 0 radical (unpaired) electrons. The van der Waals surface area contributed by atoms with Crippen molar-refractivity contribution in [3.05, 3.63) is 60.4 Å². The number of pyridine rings is 2.